The van der Waals surface area contributed by atoms with Gasteiger partial charge < -0.3 is 0 Å². The molecular weight excluding hydrogens is 383 g/mol. The van der Waals surface area contributed by atoms with Crippen molar-refractivity contribution in [3.63, 3.8) is 0 Å². The predicted octanol–water partition coefficient (Wildman–Crippen LogP) is 4.28. The van der Waals surface area contributed by atoms with Gasteiger partial charge in [0.1, 0.15) is 17.5 Å². The van der Waals surface area contributed by atoms with Crippen LogP contribution >= 0.6 is 11.8 Å². The van der Waals surface area contributed by atoms with Crippen LogP contribution in [-0.2, 0) is 10.0 Å². The highest BCUT2D eigenvalue weighted by molar-refractivity contribution is 7.99. The van der Waals surface area contributed by atoms with Crippen LogP contribution in [-0.4, -0.2) is 31.6 Å². The van der Waals surface area contributed by atoms with E-state index < -0.39 is 27.5 Å². The minimum absolute atomic E-state index is 0.0688. The van der Waals surface area contributed by atoms with Gasteiger partial charge in [0, 0.05) is 29.7 Å². The van der Waals surface area contributed by atoms with Crippen LogP contribution in [0, 0.1) is 24.4 Å². The highest BCUT2D eigenvalue weighted by Crippen LogP contribution is 2.37. The van der Waals surface area contributed by atoms with Crippen LogP contribution in [0.3, 0.4) is 0 Å². The Morgan fingerprint density at radius 1 is 1.04 bits per heavy atom. The number of halogens is 3. The molecule has 0 radical (unpaired) electrons. The monoisotopic (exact) mass is 401 g/mol. The molecule has 1 atom stereocenters. The molecule has 0 spiro atoms. The molecule has 1 unspecified atom stereocenters. The molecule has 1 aliphatic rings. The number of nitrogens with zero attached hydrogens (tertiary/aromatic N) is 1. The summed E-state index contributed by atoms with van der Waals surface area (Å²) in [7, 11) is -3.77. The van der Waals surface area contributed by atoms with Crippen molar-refractivity contribution >= 4 is 21.8 Å². The van der Waals surface area contributed by atoms with E-state index in [1.807, 2.05) is 0 Å². The lowest BCUT2D eigenvalue weighted by Crippen LogP contribution is -2.33. The zero-order chi connectivity index (χ0) is 18.9. The van der Waals surface area contributed by atoms with Crippen molar-refractivity contribution in [1.82, 2.24) is 4.31 Å². The Balaban J connectivity index is 1.83. The zero-order valence-electron chi connectivity index (χ0n) is 14.1. The van der Waals surface area contributed by atoms with E-state index in [0.29, 0.717) is 17.7 Å². The van der Waals surface area contributed by atoms with Crippen LogP contribution in [0.4, 0.5) is 13.2 Å². The lowest BCUT2D eigenvalue weighted by molar-refractivity contribution is 0.426. The van der Waals surface area contributed by atoms with E-state index in [9.17, 15) is 21.6 Å². The second kappa shape index (κ2) is 7.62. The highest BCUT2D eigenvalue weighted by atomic mass is 32.2. The van der Waals surface area contributed by atoms with Gasteiger partial charge in [-0.15, -0.1) is 0 Å². The van der Waals surface area contributed by atoms with Crippen molar-refractivity contribution in [3.8, 4) is 0 Å². The molecule has 1 fully saturated rings. The molecule has 0 bridgehead atoms. The maximum absolute atomic E-state index is 14.0. The zero-order valence-corrected chi connectivity index (χ0v) is 15.7. The van der Waals surface area contributed by atoms with Crippen molar-refractivity contribution in [2.75, 3.05) is 18.8 Å². The summed E-state index contributed by atoms with van der Waals surface area (Å²) >= 11 is 1.41. The molecule has 0 aromatic heterocycles. The summed E-state index contributed by atoms with van der Waals surface area (Å²) in [4.78, 5) is 0.0688. The topological polar surface area (TPSA) is 37.4 Å². The summed E-state index contributed by atoms with van der Waals surface area (Å²) in [6, 6.07) is 6.89. The maximum Gasteiger partial charge on any atom is 0.243 e. The van der Waals surface area contributed by atoms with Gasteiger partial charge in [-0.2, -0.15) is 16.1 Å². The molecule has 0 N–H and O–H groups in total. The minimum Gasteiger partial charge on any atom is -0.207 e. The number of hydrogen-bond acceptors (Lipinski definition) is 3. The first kappa shape index (κ1) is 19.3. The number of hydrogen-bond donors (Lipinski definition) is 0. The van der Waals surface area contributed by atoms with E-state index in [0.717, 1.165) is 18.2 Å². The van der Waals surface area contributed by atoms with Crippen LogP contribution in [0.2, 0.25) is 0 Å². The first-order valence-corrected chi connectivity index (χ1v) is 10.6. The van der Waals surface area contributed by atoms with E-state index in [-0.39, 0.29) is 28.8 Å². The third-order valence-electron chi connectivity index (χ3n) is 4.36. The number of thioether (sulfide) groups is 1. The fraction of sp³-hybridized carbons (Fsp3) is 0.333. The number of sulfonamides is 1. The molecule has 8 heteroatoms. The summed E-state index contributed by atoms with van der Waals surface area (Å²) in [5.41, 5.74) is 0.599. The SMILES string of the molecule is Cc1cc(F)ccc1S(=O)(=O)N1CCSC(c2cc(F)ccc2F)CC1. The van der Waals surface area contributed by atoms with Crippen LogP contribution in [0.25, 0.3) is 0 Å². The van der Waals surface area contributed by atoms with Crippen molar-refractivity contribution in [3.05, 3.63) is 65.0 Å². The van der Waals surface area contributed by atoms with Crippen molar-refractivity contribution in [2.24, 2.45) is 0 Å². The third-order valence-corrected chi connectivity index (χ3v) is 7.73. The third kappa shape index (κ3) is 3.92. The molecule has 140 valence electrons. The Bertz CT molecular complexity index is 919. The lowest BCUT2D eigenvalue weighted by Gasteiger charge is -2.21. The first-order chi connectivity index (χ1) is 12.3. The van der Waals surface area contributed by atoms with Gasteiger partial charge in [-0.25, -0.2) is 21.6 Å². The largest absolute Gasteiger partial charge is 0.243 e. The fourth-order valence-corrected chi connectivity index (χ4v) is 6.06. The molecule has 3 rings (SSSR count). The first-order valence-electron chi connectivity index (χ1n) is 8.12. The summed E-state index contributed by atoms with van der Waals surface area (Å²) in [5.74, 6) is -1.04. The number of benzene rings is 2. The van der Waals surface area contributed by atoms with Crippen LogP contribution in [0.5, 0.6) is 0 Å². The summed E-state index contributed by atoms with van der Waals surface area (Å²) in [5, 5.41) is -0.319. The van der Waals surface area contributed by atoms with E-state index in [2.05, 4.69) is 0 Å². The Labute approximate surface area is 155 Å². The second-order valence-electron chi connectivity index (χ2n) is 6.13. The highest BCUT2D eigenvalue weighted by Gasteiger charge is 2.30. The van der Waals surface area contributed by atoms with Gasteiger partial charge in [0.15, 0.2) is 0 Å². The van der Waals surface area contributed by atoms with Crippen LogP contribution < -0.4 is 0 Å². The molecule has 1 heterocycles. The van der Waals surface area contributed by atoms with E-state index in [4.69, 9.17) is 0 Å². The molecule has 26 heavy (non-hydrogen) atoms. The van der Waals surface area contributed by atoms with Crippen molar-refractivity contribution in [2.45, 2.75) is 23.5 Å². The molecule has 1 aliphatic heterocycles. The second-order valence-corrected chi connectivity index (χ2v) is 9.34. The molecule has 3 nitrogen and oxygen atoms in total. The van der Waals surface area contributed by atoms with Crippen molar-refractivity contribution < 1.29 is 21.6 Å². The Hall–Kier alpha value is -1.51. The Morgan fingerprint density at radius 3 is 2.46 bits per heavy atom. The number of rotatable bonds is 3. The van der Waals surface area contributed by atoms with E-state index in [1.54, 1.807) is 6.92 Å². The van der Waals surface area contributed by atoms with Gasteiger partial charge in [-0.3, -0.25) is 0 Å². The normalized spacial score (nSPS) is 19.3. The van der Waals surface area contributed by atoms with Crippen molar-refractivity contribution in [1.29, 1.82) is 0 Å². The minimum atomic E-state index is -3.77. The Morgan fingerprint density at radius 2 is 1.73 bits per heavy atom. The predicted molar refractivity (Wildman–Crippen MR) is 96.1 cm³/mol. The molecular formula is C18H18F3NO2S2. The molecule has 0 aliphatic carbocycles. The van der Waals surface area contributed by atoms with Gasteiger partial charge >= 0.3 is 0 Å². The standard InChI is InChI=1S/C18H18F3NO2S2/c1-12-10-13(19)3-5-18(12)26(23,24)22-7-6-17(25-9-8-22)15-11-14(20)2-4-16(15)21/h2-5,10-11,17H,6-9H2,1H3. The van der Waals surface area contributed by atoms with Gasteiger partial charge in [-0.1, -0.05) is 0 Å². The quantitative estimate of drug-likeness (QED) is 0.770. The number of aryl methyl sites for hydroxylation is 1. The van der Waals surface area contributed by atoms with Gasteiger partial charge in [0.2, 0.25) is 10.0 Å². The lowest BCUT2D eigenvalue weighted by atomic mass is 10.1. The smallest absolute Gasteiger partial charge is 0.207 e. The maximum atomic E-state index is 14.0. The fourth-order valence-electron chi connectivity index (χ4n) is 3.04. The molecule has 0 saturated carbocycles. The van der Waals surface area contributed by atoms with Gasteiger partial charge in [0.25, 0.3) is 0 Å². The van der Waals surface area contributed by atoms with Gasteiger partial charge in [0.05, 0.1) is 4.90 Å². The summed E-state index contributed by atoms with van der Waals surface area (Å²) < 4.78 is 67.9. The average Bonchev–Trinajstić information content (AvgIpc) is 2.83. The molecule has 1 saturated heterocycles. The molecule has 2 aromatic carbocycles. The Kier molecular flexibility index (Phi) is 5.64. The van der Waals surface area contributed by atoms with Gasteiger partial charge in [-0.05, 0) is 55.3 Å². The summed E-state index contributed by atoms with van der Waals surface area (Å²) in [6.45, 7) is 2.00. The molecule has 0 amide bonds. The molecule has 2 aromatic rings. The average molecular weight is 401 g/mol. The summed E-state index contributed by atoms with van der Waals surface area (Å²) in [6.07, 6.45) is 0.366. The van der Waals surface area contributed by atoms with E-state index >= 15 is 0 Å². The van der Waals surface area contributed by atoms with Crippen LogP contribution in [0.15, 0.2) is 41.3 Å². The van der Waals surface area contributed by atoms with Crippen LogP contribution in [0.1, 0.15) is 22.8 Å². The van der Waals surface area contributed by atoms with E-state index in [1.165, 1.54) is 34.3 Å².